The zero-order valence-electron chi connectivity index (χ0n) is 14.1. The maximum absolute atomic E-state index is 12.5. The van der Waals surface area contributed by atoms with Crippen molar-refractivity contribution < 1.29 is 9.53 Å². The molecule has 1 saturated heterocycles. The van der Waals surface area contributed by atoms with Crippen LogP contribution < -0.4 is 0 Å². The molecule has 130 valence electrons. The van der Waals surface area contributed by atoms with Gasteiger partial charge in [0.05, 0.1) is 5.60 Å². The maximum atomic E-state index is 12.5. The highest BCUT2D eigenvalue weighted by molar-refractivity contribution is 6.27. The molecule has 1 spiro atoms. The Morgan fingerprint density at radius 2 is 2.29 bits per heavy atom. The third kappa shape index (κ3) is 3.45. The molecule has 0 N–H and O–H groups in total. The molecule has 0 bridgehead atoms. The van der Waals surface area contributed by atoms with Crippen LogP contribution in [0.4, 0.5) is 0 Å². The van der Waals surface area contributed by atoms with E-state index in [1.807, 2.05) is 24.2 Å². The van der Waals surface area contributed by atoms with Gasteiger partial charge in [-0.15, -0.1) is 11.6 Å². The minimum Gasteiger partial charge on any atom is -0.375 e. The standard InChI is InChI=1S/C18H24ClN3O2/c1-21-12-14(8-16(21)11-20)13-22(17(23)10-19)15-4-7-24-18(9-15)5-2-3-6-18/h8,12,15H,2-7,9-10,13H2,1H3. The molecule has 6 heteroatoms. The van der Waals surface area contributed by atoms with Crippen molar-refractivity contribution in [3.05, 3.63) is 23.5 Å². The predicted octanol–water partition coefficient (Wildman–Crippen LogP) is 2.96. The van der Waals surface area contributed by atoms with Gasteiger partial charge in [-0.25, -0.2) is 0 Å². The SMILES string of the molecule is Cn1cc(CN(C(=O)CCl)C2CCOC3(CCCC3)C2)cc1C#N. The summed E-state index contributed by atoms with van der Waals surface area (Å²) in [6, 6.07) is 4.17. The molecule has 1 aromatic heterocycles. The molecule has 0 aromatic carbocycles. The third-order valence-electron chi connectivity index (χ3n) is 5.39. The van der Waals surface area contributed by atoms with Crippen LogP contribution in [0.25, 0.3) is 0 Å². The second-order valence-electron chi connectivity index (χ2n) is 7.00. The van der Waals surface area contributed by atoms with E-state index >= 15 is 0 Å². The van der Waals surface area contributed by atoms with E-state index in [2.05, 4.69) is 6.07 Å². The highest BCUT2D eigenvalue weighted by atomic mass is 35.5. The molecule has 3 rings (SSSR count). The number of alkyl halides is 1. The lowest BCUT2D eigenvalue weighted by Gasteiger charge is -2.43. The van der Waals surface area contributed by atoms with E-state index in [0.29, 0.717) is 18.8 Å². The van der Waals surface area contributed by atoms with E-state index in [1.165, 1.54) is 12.8 Å². The van der Waals surface area contributed by atoms with E-state index in [0.717, 1.165) is 31.2 Å². The summed E-state index contributed by atoms with van der Waals surface area (Å²) in [5, 5.41) is 9.12. The van der Waals surface area contributed by atoms with Gasteiger partial charge in [0, 0.05) is 32.4 Å². The summed E-state index contributed by atoms with van der Waals surface area (Å²) in [4.78, 5) is 14.4. The molecule has 1 unspecified atom stereocenters. The first-order valence-electron chi connectivity index (χ1n) is 8.62. The number of nitriles is 1. The lowest BCUT2D eigenvalue weighted by atomic mass is 9.88. The summed E-state index contributed by atoms with van der Waals surface area (Å²) in [5.41, 5.74) is 1.53. The summed E-state index contributed by atoms with van der Waals surface area (Å²) >= 11 is 5.87. The predicted molar refractivity (Wildman–Crippen MR) is 91.6 cm³/mol. The van der Waals surface area contributed by atoms with E-state index < -0.39 is 0 Å². The number of rotatable bonds is 4. The smallest absolute Gasteiger partial charge is 0.238 e. The number of hydrogen-bond donors (Lipinski definition) is 0. The highest BCUT2D eigenvalue weighted by Gasteiger charge is 2.42. The fourth-order valence-electron chi connectivity index (χ4n) is 4.16. The fourth-order valence-corrected chi connectivity index (χ4v) is 4.31. The van der Waals surface area contributed by atoms with Crippen LogP contribution in [0.5, 0.6) is 0 Å². The second-order valence-corrected chi connectivity index (χ2v) is 7.26. The quantitative estimate of drug-likeness (QED) is 0.785. The Bertz CT molecular complexity index is 643. The van der Waals surface area contributed by atoms with Crippen molar-refractivity contribution in [2.24, 2.45) is 7.05 Å². The van der Waals surface area contributed by atoms with Crippen LogP contribution in [-0.4, -0.2) is 39.5 Å². The van der Waals surface area contributed by atoms with E-state index in [9.17, 15) is 4.79 Å². The lowest BCUT2D eigenvalue weighted by molar-refractivity contribution is -0.141. The molecule has 1 atom stereocenters. The van der Waals surface area contributed by atoms with Gasteiger partial charge in [-0.3, -0.25) is 4.79 Å². The van der Waals surface area contributed by atoms with Gasteiger partial charge < -0.3 is 14.2 Å². The average Bonchev–Trinajstić information content (AvgIpc) is 3.18. The molecule has 5 nitrogen and oxygen atoms in total. The number of aryl methyl sites for hydroxylation is 1. The van der Waals surface area contributed by atoms with Crippen LogP contribution in [0.2, 0.25) is 0 Å². The number of amides is 1. The topological polar surface area (TPSA) is 58.3 Å². The Morgan fingerprint density at radius 3 is 2.92 bits per heavy atom. The molecule has 1 aromatic rings. The third-order valence-corrected chi connectivity index (χ3v) is 5.61. The van der Waals surface area contributed by atoms with Gasteiger partial charge >= 0.3 is 0 Å². The fraction of sp³-hybridized carbons (Fsp3) is 0.667. The minimum absolute atomic E-state index is 0.0116. The minimum atomic E-state index is -0.0425. The molecule has 1 amide bonds. The Balaban J connectivity index is 1.78. The molecule has 2 fully saturated rings. The number of aromatic nitrogens is 1. The lowest BCUT2D eigenvalue weighted by Crippen LogP contribution is -2.49. The molecular weight excluding hydrogens is 326 g/mol. The molecule has 2 aliphatic rings. The number of ether oxygens (including phenoxy) is 1. The van der Waals surface area contributed by atoms with Crippen LogP contribution in [0, 0.1) is 11.3 Å². The number of carbonyl (C=O) groups is 1. The van der Waals surface area contributed by atoms with Crippen LogP contribution in [0.15, 0.2) is 12.3 Å². The van der Waals surface area contributed by atoms with Crippen molar-refractivity contribution in [2.75, 3.05) is 12.5 Å². The van der Waals surface area contributed by atoms with Crippen molar-refractivity contribution in [2.45, 2.75) is 56.7 Å². The summed E-state index contributed by atoms with van der Waals surface area (Å²) in [6.07, 6.45) is 8.26. The first-order chi connectivity index (χ1) is 11.6. The molecule has 1 aliphatic heterocycles. The zero-order chi connectivity index (χ0) is 17.2. The molecular formula is C18H24ClN3O2. The Labute approximate surface area is 148 Å². The van der Waals surface area contributed by atoms with Crippen LogP contribution >= 0.6 is 11.6 Å². The monoisotopic (exact) mass is 349 g/mol. The molecule has 2 heterocycles. The highest BCUT2D eigenvalue weighted by Crippen LogP contribution is 2.41. The number of halogens is 1. The molecule has 1 aliphatic carbocycles. The first kappa shape index (κ1) is 17.3. The molecule has 24 heavy (non-hydrogen) atoms. The number of hydrogen-bond acceptors (Lipinski definition) is 3. The van der Waals surface area contributed by atoms with E-state index in [1.54, 1.807) is 4.57 Å². The Kier molecular flexibility index (Phi) is 5.17. The summed E-state index contributed by atoms with van der Waals surface area (Å²) in [7, 11) is 1.84. The van der Waals surface area contributed by atoms with Crippen molar-refractivity contribution in [3.63, 3.8) is 0 Å². The van der Waals surface area contributed by atoms with Crippen LogP contribution in [0.3, 0.4) is 0 Å². The van der Waals surface area contributed by atoms with Crippen molar-refractivity contribution in [1.82, 2.24) is 9.47 Å². The van der Waals surface area contributed by atoms with Gasteiger partial charge in [0.1, 0.15) is 17.6 Å². The van der Waals surface area contributed by atoms with Gasteiger partial charge in [0.15, 0.2) is 0 Å². The van der Waals surface area contributed by atoms with Crippen molar-refractivity contribution in [1.29, 1.82) is 5.26 Å². The van der Waals surface area contributed by atoms with E-state index in [4.69, 9.17) is 21.6 Å². The van der Waals surface area contributed by atoms with Crippen LogP contribution in [0.1, 0.15) is 49.8 Å². The summed E-state index contributed by atoms with van der Waals surface area (Å²) in [5.74, 6) is -0.0541. The number of nitrogens with zero attached hydrogens (tertiary/aromatic N) is 3. The number of carbonyl (C=O) groups excluding carboxylic acids is 1. The van der Waals surface area contributed by atoms with Gasteiger partial charge in [0.25, 0.3) is 0 Å². The first-order valence-corrected chi connectivity index (χ1v) is 9.15. The Hall–Kier alpha value is -1.51. The largest absolute Gasteiger partial charge is 0.375 e. The molecule has 1 saturated carbocycles. The second kappa shape index (κ2) is 7.16. The van der Waals surface area contributed by atoms with Crippen LogP contribution in [-0.2, 0) is 23.1 Å². The van der Waals surface area contributed by atoms with Gasteiger partial charge in [-0.1, -0.05) is 12.8 Å². The van der Waals surface area contributed by atoms with Gasteiger partial charge in [-0.05, 0) is 37.3 Å². The van der Waals surface area contributed by atoms with E-state index in [-0.39, 0.29) is 23.4 Å². The van der Waals surface area contributed by atoms with Crippen molar-refractivity contribution in [3.8, 4) is 6.07 Å². The Morgan fingerprint density at radius 1 is 1.54 bits per heavy atom. The maximum Gasteiger partial charge on any atom is 0.238 e. The zero-order valence-corrected chi connectivity index (χ0v) is 14.9. The summed E-state index contributed by atoms with van der Waals surface area (Å²) in [6.45, 7) is 1.21. The normalized spacial score (nSPS) is 22.5. The summed E-state index contributed by atoms with van der Waals surface area (Å²) < 4.78 is 7.89. The average molecular weight is 350 g/mol. The van der Waals surface area contributed by atoms with Gasteiger partial charge in [0.2, 0.25) is 5.91 Å². The van der Waals surface area contributed by atoms with Crippen molar-refractivity contribution >= 4 is 17.5 Å². The molecule has 0 radical (unpaired) electrons. The van der Waals surface area contributed by atoms with Gasteiger partial charge in [-0.2, -0.15) is 5.26 Å².